The lowest BCUT2D eigenvalue weighted by molar-refractivity contribution is 0.100. The number of nitriles is 1. The number of nitrogens with two attached hydrogens (primary N) is 1. The first-order valence-electron chi connectivity index (χ1n) is 5.65. The SMILES string of the molecule is N#Cc1cnn(C2CCCCCC2O)c1N. The lowest BCUT2D eigenvalue weighted by Crippen LogP contribution is -2.25. The minimum Gasteiger partial charge on any atom is -0.391 e. The zero-order chi connectivity index (χ0) is 11.5. The van der Waals surface area contributed by atoms with Crippen LogP contribution in [-0.2, 0) is 0 Å². The molecule has 1 aromatic heterocycles. The second-order valence-corrected chi connectivity index (χ2v) is 4.27. The number of hydrogen-bond acceptors (Lipinski definition) is 4. The first-order chi connectivity index (χ1) is 7.74. The van der Waals surface area contributed by atoms with E-state index in [2.05, 4.69) is 5.10 Å². The maximum absolute atomic E-state index is 10.0. The summed E-state index contributed by atoms with van der Waals surface area (Å²) >= 11 is 0. The third-order valence-corrected chi connectivity index (χ3v) is 3.21. The van der Waals surface area contributed by atoms with Crippen molar-refractivity contribution in [2.45, 2.75) is 44.2 Å². The number of anilines is 1. The van der Waals surface area contributed by atoms with Crippen LogP contribution in [0.25, 0.3) is 0 Å². The van der Waals surface area contributed by atoms with Gasteiger partial charge in [-0.05, 0) is 12.8 Å². The van der Waals surface area contributed by atoms with E-state index in [1.54, 1.807) is 4.68 Å². The highest BCUT2D eigenvalue weighted by Crippen LogP contribution is 2.29. The van der Waals surface area contributed by atoms with Gasteiger partial charge in [-0.15, -0.1) is 0 Å². The fourth-order valence-corrected chi connectivity index (χ4v) is 2.28. The van der Waals surface area contributed by atoms with Crippen LogP contribution in [-0.4, -0.2) is 21.0 Å². The smallest absolute Gasteiger partial charge is 0.140 e. The van der Waals surface area contributed by atoms with Crippen LogP contribution in [0.1, 0.15) is 43.7 Å². The van der Waals surface area contributed by atoms with Crippen LogP contribution in [0.2, 0.25) is 0 Å². The fourth-order valence-electron chi connectivity index (χ4n) is 2.28. The molecular weight excluding hydrogens is 204 g/mol. The van der Waals surface area contributed by atoms with Crippen LogP contribution >= 0.6 is 0 Å². The van der Waals surface area contributed by atoms with Gasteiger partial charge in [0.15, 0.2) is 0 Å². The van der Waals surface area contributed by atoms with Crippen LogP contribution in [0.15, 0.2) is 6.20 Å². The van der Waals surface area contributed by atoms with Crippen molar-refractivity contribution in [3.63, 3.8) is 0 Å². The van der Waals surface area contributed by atoms with E-state index in [1.807, 2.05) is 6.07 Å². The third kappa shape index (κ3) is 1.89. The van der Waals surface area contributed by atoms with Crippen molar-refractivity contribution < 1.29 is 5.11 Å². The monoisotopic (exact) mass is 220 g/mol. The van der Waals surface area contributed by atoms with Gasteiger partial charge < -0.3 is 10.8 Å². The predicted molar refractivity (Wildman–Crippen MR) is 59.5 cm³/mol. The van der Waals surface area contributed by atoms with E-state index < -0.39 is 6.10 Å². The number of nitrogen functional groups attached to an aromatic ring is 1. The molecule has 86 valence electrons. The molecule has 0 saturated heterocycles. The van der Waals surface area contributed by atoms with Crippen molar-refractivity contribution in [2.24, 2.45) is 0 Å². The summed E-state index contributed by atoms with van der Waals surface area (Å²) in [5.74, 6) is 0.369. The van der Waals surface area contributed by atoms with Crippen molar-refractivity contribution in [3.05, 3.63) is 11.8 Å². The van der Waals surface area contributed by atoms with Gasteiger partial charge in [-0.3, -0.25) is 0 Å². The zero-order valence-corrected chi connectivity index (χ0v) is 9.13. The number of rotatable bonds is 1. The Morgan fingerprint density at radius 2 is 2.19 bits per heavy atom. The molecule has 2 unspecified atom stereocenters. The summed E-state index contributed by atoms with van der Waals surface area (Å²) in [7, 11) is 0. The second kappa shape index (κ2) is 4.54. The first-order valence-corrected chi connectivity index (χ1v) is 5.65. The first kappa shape index (κ1) is 11.0. The summed E-state index contributed by atoms with van der Waals surface area (Å²) in [5.41, 5.74) is 6.21. The Bertz CT molecular complexity index is 407. The van der Waals surface area contributed by atoms with Gasteiger partial charge in [0, 0.05) is 0 Å². The van der Waals surface area contributed by atoms with Gasteiger partial charge in [0.1, 0.15) is 17.5 Å². The molecule has 0 amide bonds. The Labute approximate surface area is 94.5 Å². The summed E-state index contributed by atoms with van der Waals surface area (Å²) < 4.78 is 1.61. The van der Waals surface area contributed by atoms with Gasteiger partial charge in [-0.25, -0.2) is 4.68 Å². The van der Waals surface area contributed by atoms with E-state index in [9.17, 15) is 5.11 Å². The van der Waals surface area contributed by atoms with Gasteiger partial charge in [-0.2, -0.15) is 10.4 Å². The summed E-state index contributed by atoms with van der Waals surface area (Å²) in [6.45, 7) is 0. The number of aliphatic hydroxyl groups is 1. The Hall–Kier alpha value is -1.54. The van der Waals surface area contributed by atoms with Gasteiger partial charge in [0.2, 0.25) is 0 Å². The fraction of sp³-hybridized carbons (Fsp3) is 0.636. The Morgan fingerprint density at radius 1 is 1.44 bits per heavy atom. The lowest BCUT2D eigenvalue weighted by atomic mass is 10.1. The summed E-state index contributed by atoms with van der Waals surface area (Å²) in [6, 6.07) is 1.92. The zero-order valence-electron chi connectivity index (χ0n) is 9.13. The maximum Gasteiger partial charge on any atom is 0.140 e. The summed E-state index contributed by atoms with van der Waals surface area (Å²) in [5, 5.41) is 22.9. The van der Waals surface area contributed by atoms with Gasteiger partial charge in [0.05, 0.1) is 18.3 Å². The minimum atomic E-state index is -0.406. The Morgan fingerprint density at radius 3 is 2.88 bits per heavy atom. The normalized spacial score (nSPS) is 26.0. The molecule has 1 saturated carbocycles. The maximum atomic E-state index is 10.0. The van der Waals surface area contributed by atoms with Crippen LogP contribution in [0.4, 0.5) is 5.82 Å². The molecule has 1 aliphatic carbocycles. The van der Waals surface area contributed by atoms with Crippen LogP contribution < -0.4 is 5.73 Å². The number of hydrogen-bond donors (Lipinski definition) is 2. The van der Waals surface area contributed by atoms with Crippen molar-refractivity contribution in [3.8, 4) is 6.07 Å². The summed E-state index contributed by atoms with van der Waals surface area (Å²) in [4.78, 5) is 0. The number of nitrogens with zero attached hydrogens (tertiary/aromatic N) is 3. The highest BCUT2D eigenvalue weighted by atomic mass is 16.3. The number of aliphatic hydroxyl groups excluding tert-OH is 1. The molecule has 1 fully saturated rings. The molecule has 0 bridgehead atoms. The van der Waals surface area contributed by atoms with Gasteiger partial charge in [-0.1, -0.05) is 19.3 Å². The van der Waals surface area contributed by atoms with E-state index in [4.69, 9.17) is 11.0 Å². The van der Waals surface area contributed by atoms with E-state index >= 15 is 0 Å². The number of aromatic nitrogens is 2. The summed E-state index contributed by atoms with van der Waals surface area (Å²) in [6.07, 6.45) is 5.97. The molecule has 1 aromatic rings. The molecule has 1 aliphatic rings. The molecular formula is C11H16N4O. The highest BCUT2D eigenvalue weighted by Gasteiger charge is 2.26. The van der Waals surface area contributed by atoms with Crippen molar-refractivity contribution in [2.75, 3.05) is 5.73 Å². The van der Waals surface area contributed by atoms with Gasteiger partial charge >= 0.3 is 0 Å². The van der Waals surface area contributed by atoms with Crippen molar-refractivity contribution in [1.29, 1.82) is 5.26 Å². The van der Waals surface area contributed by atoms with E-state index in [1.165, 1.54) is 6.20 Å². The molecule has 0 spiro atoms. The van der Waals surface area contributed by atoms with Crippen molar-refractivity contribution >= 4 is 5.82 Å². The largest absolute Gasteiger partial charge is 0.391 e. The molecule has 2 atom stereocenters. The second-order valence-electron chi connectivity index (χ2n) is 4.27. The standard InChI is InChI=1S/C11H16N4O/c12-6-8-7-14-15(11(8)13)9-4-2-1-3-5-10(9)16/h7,9-10,16H,1-5,13H2. The predicted octanol–water partition coefficient (Wildman–Crippen LogP) is 1.20. The Kier molecular flexibility index (Phi) is 3.11. The van der Waals surface area contributed by atoms with E-state index in [0.717, 1.165) is 32.1 Å². The van der Waals surface area contributed by atoms with Crippen LogP contribution in [0.5, 0.6) is 0 Å². The molecule has 5 nitrogen and oxygen atoms in total. The highest BCUT2D eigenvalue weighted by molar-refractivity contribution is 5.47. The molecule has 3 N–H and O–H groups in total. The van der Waals surface area contributed by atoms with Crippen LogP contribution in [0.3, 0.4) is 0 Å². The topological polar surface area (TPSA) is 87.9 Å². The molecule has 5 heteroatoms. The van der Waals surface area contributed by atoms with Crippen LogP contribution in [0, 0.1) is 11.3 Å². The lowest BCUT2D eigenvalue weighted by Gasteiger charge is -2.21. The quantitative estimate of drug-likeness (QED) is 0.696. The third-order valence-electron chi connectivity index (χ3n) is 3.21. The van der Waals surface area contributed by atoms with E-state index in [-0.39, 0.29) is 6.04 Å². The molecule has 1 heterocycles. The molecule has 16 heavy (non-hydrogen) atoms. The molecule has 0 radical (unpaired) electrons. The van der Waals surface area contributed by atoms with Gasteiger partial charge in [0.25, 0.3) is 0 Å². The molecule has 0 aromatic carbocycles. The van der Waals surface area contributed by atoms with Crippen molar-refractivity contribution in [1.82, 2.24) is 9.78 Å². The van der Waals surface area contributed by atoms with E-state index in [0.29, 0.717) is 11.4 Å². The molecule has 2 rings (SSSR count). The average molecular weight is 220 g/mol. The average Bonchev–Trinajstić information content (AvgIpc) is 2.50. The minimum absolute atomic E-state index is 0.0791. The Balaban J connectivity index is 2.28. The molecule has 0 aliphatic heterocycles.